The topological polar surface area (TPSA) is 23.5 Å². The average molecular weight is 340 g/mol. The van der Waals surface area contributed by atoms with Crippen LogP contribution in [0.15, 0.2) is 0 Å². The van der Waals surface area contributed by atoms with Gasteiger partial charge in [-0.1, -0.05) is 78.1 Å². The molecule has 0 amide bonds. The minimum Gasteiger partial charge on any atom is -0.313 e. The Morgan fingerprint density at radius 3 is 1.58 bits per heavy atom. The molecule has 24 heavy (non-hydrogen) atoms. The van der Waals surface area contributed by atoms with Gasteiger partial charge in [0.1, 0.15) is 0 Å². The van der Waals surface area contributed by atoms with Crippen LogP contribution in [-0.2, 0) is 0 Å². The Morgan fingerprint density at radius 1 is 0.792 bits per heavy atom. The van der Waals surface area contributed by atoms with E-state index >= 15 is 0 Å². The monoisotopic (exact) mass is 339 g/mol. The summed E-state index contributed by atoms with van der Waals surface area (Å²) in [7, 11) is 0. The lowest BCUT2D eigenvalue weighted by Crippen LogP contribution is -2.59. The first-order chi connectivity index (χ1) is 11.2. The first kappa shape index (κ1) is 22.0. The largest absolute Gasteiger partial charge is 0.313 e. The summed E-state index contributed by atoms with van der Waals surface area (Å²) in [5, 5.41) is 12.2. The summed E-state index contributed by atoms with van der Waals surface area (Å²) in [6, 6.07) is 0. The molecule has 1 saturated heterocycles. The number of hydrogen-bond donors (Lipinski definition) is 1. The van der Waals surface area contributed by atoms with Gasteiger partial charge < -0.3 is 5.21 Å². The fourth-order valence-corrected chi connectivity index (χ4v) is 4.96. The molecule has 144 valence electrons. The molecule has 2 nitrogen and oxygen atoms in total. The van der Waals surface area contributed by atoms with Crippen LogP contribution in [0, 0.1) is 11.8 Å². The zero-order valence-electron chi connectivity index (χ0n) is 17.5. The molecular weight excluding hydrogens is 294 g/mol. The highest BCUT2D eigenvalue weighted by atomic mass is 16.5. The quantitative estimate of drug-likeness (QED) is 0.402. The molecule has 1 rings (SSSR count). The van der Waals surface area contributed by atoms with Crippen molar-refractivity contribution in [2.24, 2.45) is 11.8 Å². The molecule has 1 fully saturated rings. The highest BCUT2D eigenvalue weighted by Gasteiger charge is 2.46. The van der Waals surface area contributed by atoms with Crippen LogP contribution in [-0.4, -0.2) is 21.3 Å². The summed E-state index contributed by atoms with van der Waals surface area (Å²) in [6.45, 7) is 13.4. The van der Waals surface area contributed by atoms with Crippen LogP contribution in [0.1, 0.15) is 119 Å². The molecule has 1 N–H and O–H groups in total. The molecule has 0 saturated carbocycles. The van der Waals surface area contributed by atoms with Crippen molar-refractivity contribution >= 4 is 0 Å². The van der Waals surface area contributed by atoms with Gasteiger partial charge in [-0.15, -0.1) is 0 Å². The van der Waals surface area contributed by atoms with Gasteiger partial charge in [-0.25, -0.2) is 0 Å². The second-order valence-electron chi connectivity index (χ2n) is 9.56. The molecule has 0 radical (unpaired) electrons. The van der Waals surface area contributed by atoms with Crippen molar-refractivity contribution in [1.82, 2.24) is 5.06 Å². The first-order valence-electron chi connectivity index (χ1n) is 10.7. The lowest BCUT2D eigenvalue weighted by Gasteiger charge is -2.53. The molecule has 1 aliphatic heterocycles. The van der Waals surface area contributed by atoms with E-state index in [1.807, 2.05) is 0 Å². The number of rotatable bonds is 11. The normalized spacial score (nSPS) is 21.5. The Balaban J connectivity index is 2.68. The summed E-state index contributed by atoms with van der Waals surface area (Å²) in [5.41, 5.74) is -0.199. The van der Waals surface area contributed by atoms with Crippen LogP contribution in [0.5, 0.6) is 0 Å². The first-order valence-corrected chi connectivity index (χ1v) is 10.7. The van der Waals surface area contributed by atoms with Crippen LogP contribution >= 0.6 is 0 Å². The van der Waals surface area contributed by atoms with Gasteiger partial charge in [0, 0.05) is 11.1 Å². The van der Waals surface area contributed by atoms with Crippen molar-refractivity contribution in [2.45, 2.75) is 130 Å². The van der Waals surface area contributed by atoms with E-state index in [1.165, 1.54) is 64.2 Å². The lowest BCUT2D eigenvalue weighted by molar-refractivity contribution is -0.254. The number of piperidine rings is 1. The van der Waals surface area contributed by atoms with Crippen LogP contribution in [0.4, 0.5) is 0 Å². The number of hydrogen-bond acceptors (Lipinski definition) is 2. The second-order valence-corrected chi connectivity index (χ2v) is 9.56. The summed E-state index contributed by atoms with van der Waals surface area (Å²) in [6.07, 6.45) is 16.1. The molecule has 0 aliphatic carbocycles. The van der Waals surface area contributed by atoms with Crippen molar-refractivity contribution in [3.05, 3.63) is 0 Å². The maximum absolute atomic E-state index is 10.6. The van der Waals surface area contributed by atoms with Crippen LogP contribution in [0.25, 0.3) is 0 Å². The number of nitrogens with zero attached hydrogens (tertiary/aromatic N) is 1. The van der Waals surface area contributed by atoms with Crippen molar-refractivity contribution in [2.75, 3.05) is 0 Å². The molecule has 1 heterocycles. The van der Waals surface area contributed by atoms with E-state index in [4.69, 9.17) is 0 Å². The minimum absolute atomic E-state index is 0.0997. The summed E-state index contributed by atoms with van der Waals surface area (Å²) < 4.78 is 0. The average Bonchev–Trinajstić information content (AvgIpc) is 2.50. The molecule has 0 spiro atoms. The maximum Gasteiger partial charge on any atom is 0.0413 e. The smallest absolute Gasteiger partial charge is 0.0413 e. The predicted molar refractivity (Wildman–Crippen MR) is 106 cm³/mol. The Hall–Kier alpha value is -0.0800. The van der Waals surface area contributed by atoms with Crippen LogP contribution in [0.3, 0.4) is 0 Å². The second kappa shape index (κ2) is 10.2. The molecule has 1 aliphatic rings. The van der Waals surface area contributed by atoms with Gasteiger partial charge in [0.15, 0.2) is 0 Å². The minimum atomic E-state index is -0.0997. The zero-order valence-corrected chi connectivity index (χ0v) is 17.5. The van der Waals surface area contributed by atoms with E-state index in [9.17, 15) is 5.21 Å². The Morgan fingerprint density at radius 2 is 1.21 bits per heavy atom. The maximum atomic E-state index is 10.6. The van der Waals surface area contributed by atoms with Gasteiger partial charge in [-0.2, -0.15) is 5.06 Å². The Labute approximate surface area is 152 Å². The van der Waals surface area contributed by atoms with Crippen molar-refractivity contribution in [3.63, 3.8) is 0 Å². The van der Waals surface area contributed by atoms with E-state index < -0.39 is 0 Å². The third-order valence-electron chi connectivity index (χ3n) is 6.19. The molecular formula is C22H45NO. The Kier molecular flexibility index (Phi) is 9.30. The van der Waals surface area contributed by atoms with Gasteiger partial charge in [0.25, 0.3) is 0 Å². The highest BCUT2D eigenvalue weighted by molar-refractivity contribution is 4.97. The van der Waals surface area contributed by atoms with E-state index in [2.05, 4.69) is 41.5 Å². The standard InChI is InChI=1S/C22H45NO/c1-7-9-11-13-15-19(16-14-12-10-8-2)20-17-21(3,4)23(24)22(5,6)18-20/h19-20,24H,7-18H2,1-6H3. The fraction of sp³-hybridized carbons (Fsp3) is 1.00. The van der Waals surface area contributed by atoms with E-state index in [-0.39, 0.29) is 11.1 Å². The number of unbranched alkanes of at least 4 members (excludes halogenated alkanes) is 6. The third-order valence-corrected chi connectivity index (χ3v) is 6.19. The van der Waals surface area contributed by atoms with Gasteiger partial charge in [0.05, 0.1) is 0 Å². The summed E-state index contributed by atoms with van der Waals surface area (Å²) in [5.74, 6) is 1.62. The lowest BCUT2D eigenvalue weighted by atomic mass is 9.68. The van der Waals surface area contributed by atoms with Crippen LogP contribution < -0.4 is 0 Å². The molecule has 0 aromatic heterocycles. The molecule has 2 heteroatoms. The fourth-order valence-electron chi connectivity index (χ4n) is 4.96. The zero-order chi connectivity index (χ0) is 18.2. The van der Waals surface area contributed by atoms with Gasteiger partial charge in [0.2, 0.25) is 0 Å². The predicted octanol–water partition coefficient (Wildman–Crippen LogP) is 7.20. The molecule has 0 bridgehead atoms. The van der Waals surface area contributed by atoms with Gasteiger partial charge in [-0.05, 0) is 52.4 Å². The summed E-state index contributed by atoms with van der Waals surface area (Å²) >= 11 is 0. The van der Waals surface area contributed by atoms with E-state index in [1.54, 1.807) is 5.06 Å². The highest BCUT2D eigenvalue weighted by Crippen LogP contribution is 2.45. The third kappa shape index (κ3) is 6.67. The summed E-state index contributed by atoms with van der Waals surface area (Å²) in [4.78, 5) is 0. The van der Waals surface area contributed by atoms with Crippen molar-refractivity contribution in [1.29, 1.82) is 0 Å². The Bertz CT molecular complexity index is 307. The van der Waals surface area contributed by atoms with E-state index in [0.29, 0.717) is 0 Å². The molecule has 0 aromatic carbocycles. The SMILES string of the molecule is CCCCCCC(CCCCCC)C1CC(C)(C)N(O)C(C)(C)C1. The number of hydroxylamine groups is 2. The van der Waals surface area contributed by atoms with Gasteiger partial charge in [-0.3, -0.25) is 0 Å². The van der Waals surface area contributed by atoms with E-state index in [0.717, 1.165) is 24.7 Å². The van der Waals surface area contributed by atoms with Crippen molar-refractivity contribution in [3.8, 4) is 0 Å². The molecule has 0 atom stereocenters. The molecule has 0 aromatic rings. The van der Waals surface area contributed by atoms with Gasteiger partial charge >= 0.3 is 0 Å². The molecule has 0 unspecified atom stereocenters. The van der Waals surface area contributed by atoms with Crippen molar-refractivity contribution < 1.29 is 5.21 Å². The van der Waals surface area contributed by atoms with Crippen LogP contribution in [0.2, 0.25) is 0 Å².